The molecule has 1 rings (SSSR count). The van der Waals surface area contributed by atoms with Crippen LogP contribution in [0.5, 0.6) is 5.75 Å². The number of nitrogens with one attached hydrogen (secondary N) is 1. The molecule has 1 aromatic rings. The fourth-order valence-electron chi connectivity index (χ4n) is 1.46. The van der Waals surface area contributed by atoms with E-state index in [0.717, 1.165) is 11.5 Å². The molecule has 0 aliphatic carbocycles. The second-order valence-electron chi connectivity index (χ2n) is 4.04. The minimum absolute atomic E-state index is 0.194. The van der Waals surface area contributed by atoms with Crippen LogP contribution >= 0.6 is 11.8 Å². The summed E-state index contributed by atoms with van der Waals surface area (Å²) in [6, 6.07) is 8.24. The predicted molar refractivity (Wildman–Crippen MR) is 75.3 cm³/mol. The second-order valence-corrected chi connectivity index (χ2v) is 5.52. The molecule has 0 heterocycles. The Morgan fingerprint density at radius 2 is 2.00 bits per heavy atom. The van der Waals surface area contributed by atoms with Gasteiger partial charge in [0.05, 0.1) is 13.2 Å². The smallest absolute Gasteiger partial charge is 0.118 e. The quantitative estimate of drug-likeness (QED) is 0.580. The topological polar surface area (TPSA) is 47.3 Å². The number of hydrogen-bond acceptors (Lipinski definition) is 4. The van der Waals surface area contributed by atoms with Gasteiger partial charge >= 0.3 is 0 Å². The average molecular weight is 254 g/mol. The highest BCUT2D eigenvalue weighted by atomic mass is 32.2. The van der Waals surface area contributed by atoms with Crippen LogP contribution in [0.4, 0.5) is 0 Å². The highest BCUT2D eigenvalue weighted by Crippen LogP contribution is 2.23. The van der Waals surface area contributed by atoms with Crippen molar-refractivity contribution >= 4 is 11.8 Å². The lowest BCUT2D eigenvalue weighted by Gasteiger charge is -2.18. The van der Waals surface area contributed by atoms with Gasteiger partial charge in [-0.2, -0.15) is 11.8 Å². The molecule has 3 nitrogen and oxygen atoms in total. The molecule has 0 radical (unpaired) electrons. The first kappa shape index (κ1) is 14.4. The molecule has 0 saturated carbocycles. The first-order valence-corrected chi connectivity index (χ1v) is 6.97. The van der Waals surface area contributed by atoms with Crippen LogP contribution in [0, 0.1) is 0 Å². The Bertz CT molecular complexity index is 316. The first-order chi connectivity index (χ1) is 8.21. The number of methoxy groups -OCH3 is 1. The van der Waals surface area contributed by atoms with E-state index in [4.69, 9.17) is 10.6 Å². The van der Waals surface area contributed by atoms with Gasteiger partial charge in [-0.15, -0.1) is 0 Å². The molecule has 0 aliphatic rings. The molecular formula is C13H22N2OS. The number of hydrogen-bond donors (Lipinski definition) is 2. The van der Waals surface area contributed by atoms with E-state index in [-0.39, 0.29) is 6.04 Å². The first-order valence-electron chi connectivity index (χ1n) is 5.93. The summed E-state index contributed by atoms with van der Waals surface area (Å²) in [5, 5.41) is 0.670. The number of rotatable bonds is 7. The molecule has 0 amide bonds. The van der Waals surface area contributed by atoms with Gasteiger partial charge in [-0.25, -0.2) is 0 Å². The van der Waals surface area contributed by atoms with E-state index in [0.29, 0.717) is 5.25 Å². The molecule has 0 spiro atoms. The lowest BCUT2D eigenvalue weighted by molar-refractivity contribution is 0.414. The molecule has 17 heavy (non-hydrogen) atoms. The number of benzene rings is 1. The molecule has 0 aromatic heterocycles. The van der Waals surface area contributed by atoms with Crippen LogP contribution < -0.4 is 16.0 Å². The van der Waals surface area contributed by atoms with Crippen LogP contribution in [-0.4, -0.2) is 18.1 Å². The van der Waals surface area contributed by atoms with Crippen LogP contribution in [0.2, 0.25) is 0 Å². The third-order valence-corrected chi connectivity index (χ3v) is 4.27. The van der Waals surface area contributed by atoms with Gasteiger partial charge < -0.3 is 4.74 Å². The largest absolute Gasteiger partial charge is 0.497 e. The van der Waals surface area contributed by atoms with Gasteiger partial charge in [0.15, 0.2) is 0 Å². The monoisotopic (exact) mass is 254 g/mol. The number of hydrazine groups is 1. The van der Waals surface area contributed by atoms with Gasteiger partial charge in [-0.3, -0.25) is 11.3 Å². The molecule has 1 aromatic carbocycles. The number of thioether (sulfide) groups is 1. The fraction of sp³-hybridized carbons (Fsp3) is 0.538. The van der Waals surface area contributed by atoms with Crippen LogP contribution in [0.15, 0.2) is 24.3 Å². The maximum atomic E-state index is 5.61. The predicted octanol–water partition coefficient (Wildman–Crippen LogP) is 2.73. The minimum Gasteiger partial charge on any atom is -0.497 e. The second kappa shape index (κ2) is 7.58. The molecular weight excluding hydrogens is 232 g/mol. The molecule has 0 fully saturated rings. The summed E-state index contributed by atoms with van der Waals surface area (Å²) in [4.78, 5) is 0. The van der Waals surface area contributed by atoms with Crippen molar-refractivity contribution in [2.75, 3.05) is 12.9 Å². The molecule has 2 unspecified atom stereocenters. The Morgan fingerprint density at radius 3 is 2.47 bits per heavy atom. The third-order valence-electron chi connectivity index (χ3n) is 2.84. The summed E-state index contributed by atoms with van der Waals surface area (Å²) in [5.41, 5.74) is 4.07. The van der Waals surface area contributed by atoms with Gasteiger partial charge in [0.1, 0.15) is 5.75 Å². The van der Waals surface area contributed by atoms with E-state index in [1.807, 2.05) is 23.9 Å². The Kier molecular flexibility index (Phi) is 6.40. The zero-order valence-electron chi connectivity index (χ0n) is 10.8. The number of nitrogens with two attached hydrogens (primary N) is 1. The minimum atomic E-state index is 0.194. The SMILES string of the molecule is CCC(C)SCC(NN)c1ccc(OC)cc1. The van der Waals surface area contributed by atoms with E-state index < -0.39 is 0 Å². The summed E-state index contributed by atoms with van der Waals surface area (Å²) in [5.74, 6) is 7.47. The molecule has 0 bridgehead atoms. The Labute approximate surface area is 108 Å². The van der Waals surface area contributed by atoms with E-state index in [1.165, 1.54) is 12.0 Å². The van der Waals surface area contributed by atoms with Gasteiger partial charge in [0, 0.05) is 11.0 Å². The van der Waals surface area contributed by atoms with Crippen molar-refractivity contribution in [3.63, 3.8) is 0 Å². The molecule has 3 N–H and O–H groups in total. The highest BCUT2D eigenvalue weighted by Gasteiger charge is 2.11. The van der Waals surface area contributed by atoms with Crippen LogP contribution in [-0.2, 0) is 0 Å². The molecule has 2 atom stereocenters. The van der Waals surface area contributed by atoms with Crippen LogP contribution in [0.25, 0.3) is 0 Å². The molecule has 0 saturated heterocycles. The lowest BCUT2D eigenvalue weighted by atomic mass is 10.1. The zero-order chi connectivity index (χ0) is 12.7. The summed E-state index contributed by atoms with van der Waals surface area (Å²) in [6.07, 6.45) is 1.19. The molecule has 96 valence electrons. The fourth-order valence-corrected chi connectivity index (χ4v) is 2.50. The lowest BCUT2D eigenvalue weighted by Crippen LogP contribution is -2.30. The highest BCUT2D eigenvalue weighted by molar-refractivity contribution is 7.99. The summed E-state index contributed by atoms with van der Waals surface area (Å²) >= 11 is 1.94. The van der Waals surface area contributed by atoms with E-state index in [9.17, 15) is 0 Å². The zero-order valence-corrected chi connectivity index (χ0v) is 11.6. The van der Waals surface area contributed by atoms with Gasteiger partial charge in [-0.05, 0) is 24.1 Å². The van der Waals surface area contributed by atoms with Gasteiger partial charge in [-0.1, -0.05) is 26.0 Å². The maximum Gasteiger partial charge on any atom is 0.118 e. The summed E-state index contributed by atoms with van der Waals surface area (Å²) < 4.78 is 5.14. The van der Waals surface area contributed by atoms with Crippen molar-refractivity contribution < 1.29 is 4.74 Å². The van der Waals surface area contributed by atoms with Crippen molar-refractivity contribution in [2.45, 2.75) is 31.6 Å². The van der Waals surface area contributed by atoms with Crippen molar-refractivity contribution in [2.24, 2.45) is 5.84 Å². The van der Waals surface area contributed by atoms with E-state index in [1.54, 1.807) is 7.11 Å². The molecule has 0 aliphatic heterocycles. The number of ether oxygens (including phenoxy) is 1. The normalized spacial score (nSPS) is 14.4. The van der Waals surface area contributed by atoms with Crippen LogP contribution in [0.1, 0.15) is 31.9 Å². The van der Waals surface area contributed by atoms with Crippen molar-refractivity contribution in [1.29, 1.82) is 0 Å². The third kappa shape index (κ3) is 4.58. The standard InChI is InChI=1S/C13H22N2OS/c1-4-10(2)17-9-13(15-14)11-5-7-12(16-3)8-6-11/h5-8,10,13,15H,4,9,14H2,1-3H3. The van der Waals surface area contributed by atoms with Crippen molar-refractivity contribution in [3.05, 3.63) is 29.8 Å². The van der Waals surface area contributed by atoms with Gasteiger partial charge in [0.25, 0.3) is 0 Å². The van der Waals surface area contributed by atoms with Gasteiger partial charge in [0.2, 0.25) is 0 Å². The average Bonchev–Trinajstić information content (AvgIpc) is 2.39. The Balaban J connectivity index is 2.59. The summed E-state index contributed by atoms with van der Waals surface area (Å²) in [6.45, 7) is 4.45. The Hall–Kier alpha value is -0.710. The van der Waals surface area contributed by atoms with E-state index in [2.05, 4.69) is 31.4 Å². The van der Waals surface area contributed by atoms with E-state index >= 15 is 0 Å². The van der Waals surface area contributed by atoms with Crippen molar-refractivity contribution in [3.8, 4) is 5.75 Å². The Morgan fingerprint density at radius 1 is 1.35 bits per heavy atom. The summed E-state index contributed by atoms with van der Waals surface area (Å²) in [7, 11) is 1.67. The molecule has 4 heteroatoms. The maximum absolute atomic E-state index is 5.61. The van der Waals surface area contributed by atoms with Crippen molar-refractivity contribution in [1.82, 2.24) is 5.43 Å². The van der Waals surface area contributed by atoms with Crippen LogP contribution in [0.3, 0.4) is 0 Å².